The molecule has 6 nitrogen and oxygen atoms in total. The van der Waals surface area contributed by atoms with Gasteiger partial charge < -0.3 is 19.8 Å². The fourth-order valence-corrected chi connectivity index (χ4v) is 2.46. The van der Waals surface area contributed by atoms with E-state index in [-0.39, 0.29) is 25.4 Å². The molecule has 0 aliphatic carbocycles. The largest absolute Gasteiger partial charge is 0.394 e. The molecule has 0 amide bonds. The second-order valence-corrected chi connectivity index (χ2v) is 4.81. The average molecular weight is 255 g/mol. The van der Waals surface area contributed by atoms with Crippen molar-refractivity contribution < 1.29 is 14.9 Å². The summed E-state index contributed by atoms with van der Waals surface area (Å²) >= 11 is 0. The second-order valence-electron chi connectivity index (χ2n) is 4.81. The van der Waals surface area contributed by atoms with E-state index in [1.54, 1.807) is 4.68 Å². The number of aliphatic hydroxyl groups excluding tert-OH is 2. The lowest BCUT2D eigenvalue weighted by Crippen LogP contribution is -2.50. The Bertz CT molecular complexity index is 419. The number of hydrogen-bond donors (Lipinski definition) is 2. The molecule has 0 bridgehead atoms. The van der Waals surface area contributed by atoms with E-state index in [0.717, 1.165) is 17.1 Å². The van der Waals surface area contributed by atoms with Crippen LogP contribution in [0.1, 0.15) is 18.2 Å². The van der Waals surface area contributed by atoms with E-state index in [1.807, 2.05) is 14.0 Å². The number of aliphatic hydroxyl groups is 2. The smallest absolute Gasteiger partial charge is 0.132 e. The highest BCUT2D eigenvalue weighted by molar-refractivity contribution is 5.51. The summed E-state index contributed by atoms with van der Waals surface area (Å²) in [6.45, 7) is 5.13. The molecular weight excluding hydrogens is 234 g/mol. The first-order chi connectivity index (χ1) is 8.58. The van der Waals surface area contributed by atoms with Gasteiger partial charge in [-0.1, -0.05) is 0 Å². The molecule has 0 radical (unpaired) electrons. The van der Waals surface area contributed by atoms with Crippen molar-refractivity contribution in [3.63, 3.8) is 0 Å². The van der Waals surface area contributed by atoms with Crippen molar-refractivity contribution in [2.24, 2.45) is 7.05 Å². The van der Waals surface area contributed by atoms with Crippen LogP contribution in [-0.2, 0) is 18.4 Å². The van der Waals surface area contributed by atoms with Crippen LogP contribution in [0.3, 0.4) is 0 Å². The van der Waals surface area contributed by atoms with E-state index < -0.39 is 0 Å². The van der Waals surface area contributed by atoms with Gasteiger partial charge in [0.15, 0.2) is 0 Å². The molecule has 6 heteroatoms. The molecule has 1 aliphatic heterocycles. The molecule has 102 valence electrons. The molecule has 2 heterocycles. The first-order valence-corrected chi connectivity index (χ1v) is 6.20. The minimum atomic E-state index is -0.178. The number of morpholine rings is 1. The third-order valence-electron chi connectivity index (χ3n) is 3.45. The zero-order chi connectivity index (χ0) is 13.3. The SMILES string of the molecule is Cc1nn(C)c(N2CC(CO)OCC2C)c1CO. The van der Waals surface area contributed by atoms with Crippen molar-refractivity contribution in [3.8, 4) is 0 Å². The average Bonchev–Trinajstić information content (AvgIpc) is 2.64. The van der Waals surface area contributed by atoms with E-state index >= 15 is 0 Å². The summed E-state index contributed by atoms with van der Waals surface area (Å²) in [6.07, 6.45) is -0.178. The van der Waals surface area contributed by atoms with Crippen LogP contribution in [0.15, 0.2) is 0 Å². The summed E-state index contributed by atoms with van der Waals surface area (Å²) in [5, 5.41) is 23.1. The third-order valence-corrected chi connectivity index (χ3v) is 3.45. The van der Waals surface area contributed by atoms with Gasteiger partial charge in [-0.05, 0) is 13.8 Å². The fraction of sp³-hybridized carbons (Fsp3) is 0.750. The van der Waals surface area contributed by atoms with Crippen molar-refractivity contribution >= 4 is 5.82 Å². The molecular formula is C12H21N3O3. The maximum Gasteiger partial charge on any atom is 0.132 e. The Balaban J connectivity index is 2.34. The molecule has 0 saturated carbocycles. The molecule has 2 N–H and O–H groups in total. The van der Waals surface area contributed by atoms with Gasteiger partial charge in [-0.3, -0.25) is 4.68 Å². The van der Waals surface area contributed by atoms with Crippen LogP contribution in [0.5, 0.6) is 0 Å². The van der Waals surface area contributed by atoms with Gasteiger partial charge in [-0.25, -0.2) is 0 Å². The lowest BCUT2D eigenvalue weighted by molar-refractivity contribution is -0.0108. The van der Waals surface area contributed by atoms with Crippen molar-refractivity contribution in [1.29, 1.82) is 0 Å². The third kappa shape index (κ3) is 2.23. The Labute approximate surface area is 107 Å². The summed E-state index contributed by atoms with van der Waals surface area (Å²) in [6, 6.07) is 0.202. The van der Waals surface area contributed by atoms with Gasteiger partial charge in [0.1, 0.15) is 5.82 Å². The number of ether oxygens (including phenoxy) is 1. The summed E-state index contributed by atoms with van der Waals surface area (Å²) in [5.74, 6) is 0.921. The summed E-state index contributed by atoms with van der Waals surface area (Å²) in [4.78, 5) is 2.15. The minimum Gasteiger partial charge on any atom is -0.394 e. The minimum absolute atomic E-state index is 0.00844. The summed E-state index contributed by atoms with van der Waals surface area (Å²) < 4.78 is 7.32. The Morgan fingerprint density at radius 1 is 1.44 bits per heavy atom. The predicted molar refractivity (Wildman–Crippen MR) is 67.5 cm³/mol. The van der Waals surface area contributed by atoms with Gasteiger partial charge >= 0.3 is 0 Å². The van der Waals surface area contributed by atoms with E-state index in [9.17, 15) is 10.2 Å². The molecule has 1 aromatic heterocycles. The van der Waals surface area contributed by atoms with Crippen molar-refractivity contribution in [3.05, 3.63) is 11.3 Å². The maximum atomic E-state index is 9.49. The van der Waals surface area contributed by atoms with E-state index in [0.29, 0.717) is 13.2 Å². The second kappa shape index (κ2) is 5.26. The molecule has 1 aromatic rings. The molecule has 2 atom stereocenters. The van der Waals surface area contributed by atoms with Crippen LogP contribution in [-0.4, -0.2) is 51.9 Å². The van der Waals surface area contributed by atoms with Gasteiger partial charge in [0.05, 0.1) is 37.7 Å². The van der Waals surface area contributed by atoms with Crippen LogP contribution >= 0.6 is 0 Å². The van der Waals surface area contributed by atoms with Crippen LogP contribution in [0, 0.1) is 6.92 Å². The van der Waals surface area contributed by atoms with Crippen LogP contribution in [0.2, 0.25) is 0 Å². The highest BCUT2D eigenvalue weighted by Crippen LogP contribution is 2.27. The Morgan fingerprint density at radius 3 is 2.78 bits per heavy atom. The maximum absolute atomic E-state index is 9.49. The number of aromatic nitrogens is 2. The van der Waals surface area contributed by atoms with Crippen molar-refractivity contribution in [1.82, 2.24) is 9.78 Å². The van der Waals surface area contributed by atoms with E-state index in [4.69, 9.17) is 4.74 Å². The first kappa shape index (κ1) is 13.3. The molecule has 2 rings (SSSR count). The van der Waals surface area contributed by atoms with Crippen LogP contribution in [0.25, 0.3) is 0 Å². The van der Waals surface area contributed by atoms with Gasteiger partial charge in [-0.15, -0.1) is 0 Å². The molecule has 18 heavy (non-hydrogen) atoms. The van der Waals surface area contributed by atoms with E-state index in [1.165, 1.54) is 0 Å². The van der Waals surface area contributed by atoms with Gasteiger partial charge in [-0.2, -0.15) is 5.10 Å². The number of rotatable bonds is 3. The molecule has 1 aliphatic rings. The molecule has 1 saturated heterocycles. The molecule has 1 fully saturated rings. The van der Waals surface area contributed by atoms with Crippen LogP contribution < -0.4 is 4.90 Å². The van der Waals surface area contributed by atoms with Crippen molar-refractivity contribution in [2.75, 3.05) is 24.7 Å². The van der Waals surface area contributed by atoms with Gasteiger partial charge in [0, 0.05) is 19.2 Å². The van der Waals surface area contributed by atoms with Gasteiger partial charge in [0.25, 0.3) is 0 Å². The number of aryl methyl sites for hydroxylation is 2. The normalized spacial score (nSPS) is 24.6. The lowest BCUT2D eigenvalue weighted by Gasteiger charge is -2.39. The van der Waals surface area contributed by atoms with Crippen molar-refractivity contribution in [2.45, 2.75) is 32.6 Å². The number of anilines is 1. The topological polar surface area (TPSA) is 70.8 Å². The summed E-state index contributed by atoms with van der Waals surface area (Å²) in [5.41, 5.74) is 1.69. The quantitative estimate of drug-likeness (QED) is 0.783. The molecule has 0 aromatic carbocycles. The van der Waals surface area contributed by atoms with Crippen LogP contribution in [0.4, 0.5) is 5.82 Å². The first-order valence-electron chi connectivity index (χ1n) is 6.20. The number of nitrogens with zero attached hydrogens (tertiary/aromatic N) is 3. The molecule has 0 spiro atoms. The standard InChI is InChI=1S/C12H21N3O3/c1-8-7-18-10(5-16)4-15(8)12-11(6-17)9(2)13-14(12)3/h8,10,16-17H,4-7H2,1-3H3. The fourth-order valence-electron chi connectivity index (χ4n) is 2.46. The van der Waals surface area contributed by atoms with E-state index in [2.05, 4.69) is 16.9 Å². The zero-order valence-electron chi connectivity index (χ0n) is 11.1. The lowest BCUT2D eigenvalue weighted by atomic mass is 10.1. The summed E-state index contributed by atoms with van der Waals surface area (Å²) in [7, 11) is 1.87. The number of hydrogen-bond acceptors (Lipinski definition) is 5. The predicted octanol–water partition coefficient (Wildman–Crippen LogP) is -0.193. The highest BCUT2D eigenvalue weighted by atomic mass is 16.5. The Kier molecular flexibility index (Phi) is 3.89. The monoisotopic (exact) mass is 255 g/mol. The molecule has 2 unspecified atom stereocenters. The Hall–Kier alpha value is -1.11. The Morgan fingerprint density at radius 2 is 2.17 bits per heavy atom. The van der Waals surface area contributed by atoms with Gasteiger partial charge in [0.2, 0.25) is 0 Å². The zero-order valence-corrected chi connectivity index (χ0v) is 11.1. The highest BCUT2D eigenvalue weighted by Gasteiger charge is 2.30.